The number of hydrogen-bond acceptors (Lipinski definition) is 10. The van der Waals surface area contributed by atoms with Crippen LogP contribution < -0.4 is 16.5 Å². The van der Waals surface area contributed by atoms with E-state index in [1.807, 2.05) is 6.07 Å². The molecule has 1 amide bonds. The van der Waals surface area contributed by atoms with Crippen molar-refractivity contribution in [1.82, 2.24) is 0 Å². The molecule has 44 heavy (non-hydrogen) atoms. The fourth-order valence-corrected chi connectivity index (χ4v) is 4.84. The Morgan fingerprint density at radius 3 is 2.30 bits per heavy atom. The van der Waals surface area contributed by atoms with Crippen molar-refractivity contribution in [3.05, 3.63) is 118 Å². The van der Waals surface area contributed by atoms with Crippen LogP contribution in [0.1, 0.15) is 36.6 Å². The van der Waals surface area contributed by atoms with Crippen LogP contribution in [-0.2, 0) is 10.1 Å². The second kappa shape index (κ2) is 12.1. The molecule has 4 aromatic rings. The summed E-state index contributed by atoms with van der Waals surface area (Å²) >= 11 is 0. The standard InChI is InChI=1S/C30H22N6O7S/c31-19-6-4-5-18(13-19)29(38)32-21-10-9-17-14-26(44(41,42)43)27(28(37)23(17)15-21)36-35-25-12-11-22(16-24(25)30(39)40)34-33-20-7-2-1-3-8-20/h1-16,35H,31H2,(H,32,38)(H,39,40)(H,41,42,43)/b34-33?,36-27-. The van der Waals surface area contributed by atoms with Crippen molar-refractivity contribution < 1.29 is 32.5 Å². The summed E-state index contributed by atoms with van der Waals surface area (Å²) in [5.41, 5.74) is 8.80. The van der Waals surface area contributed by atoms with Crippen LogP contribution in [0.4, 0.5) is 28.4 Å². The van der Waals surface area contributed by atoms with Crippen LogP contribution in [0.5, 0.6) is 0 Å². The Labute approximate surface area is 250 Å². The number of fused-ring (bicyclic) bond motifs is 1. The molecule has 0 atom stereocenters. The van der Waals surface area contributed by atoms with Gasteiger partial charge < -0.3 is 16.2 Å². The first-order chi connectivity index (χ1) is 21.0. The van der Waals surface area contributed by atoms with Crippen LogP contribution in [0.25, 0.3) is 6.08 Å². The van der Waals surface area contributed by atoms with Crippen molar-refractivity contribution in [3.63, 3.8) is 0 Å². The summed E-state index contributed by atoms with van der Waals surface area (Å²) in [6, 6.07) is 23.1. The Hall–Kier alpha value is -5.99. The second-order valence-corrected chi connectivity index (χ2v) is 10.7. The van der Waals surface area contributed by atoms with E-state index in [1.165, 1.54) is 42.5 Å². The quantitative estimate of drug-likeness (QED) is 0.0733. The number of benzene rings is 4. The zero-order chi connectivity index (χ0) is 31.4. The van der Waals surface area contributed by atoms with Crippen LogP contribution in [0.15, 0.2) is 111 Å². The SMILES string of the molecule is Nc1cccc(C(=O)Nc2ccc3c(c2)C(=O)/C(=N\Nc2ccc(N=Nc4ccccc4)cc2C(=O)O)C(S(=O)(=O)O)=C3)c1. The van der Waals surface area contributed by atoms with E-state index in [0.29, 0.717) is 11.4 Å². The Morgan fingerprint density at radius 1 is 0.841 bits per heavy atom. The Balaban J connectivity index is 1.46. The summed E-state index contributed by atoms with van der Waals surface area (Å²) in [5, 5.41) is 24.4. The van der Waals surface area contributed by atoms with Gasteiger partial charge in [0, 0.05) is 22.5 Å². The molecule has 0 aliphatic heterocycles. The number of rotatable bonds is 8. The molecule has 5 rings (SSSR count). The second-order valence-electron chi connectivity index (χ2n) is 9.34. The molecule has 0 aromatic heterocycles. The first kappa shape index (κ1) is 29.5. The maximum Gasteiger partial charge on any atom is 0.337 e. The molecular weight excluding hydrogens is 588 g/mol. The molecule has 0 fully saturated rings. The number of azo groups is 1. The lowest BCUT2D eigenvalue weighted by atomic mass is 9.94. The van der Waals surface area contributed by atoms with Gasteiger partial charge in [-0.3, -0.25) is 19.6 Å². The van der Waals surface area contributed by atoms with E-state index < -0.39 is 38.4 Å². The lowest BCUT2D eigenvalue weighted by Crippen LogP contribution is -2.27. The number of nitrogens with two attached hydrogens (primary N) is 1. The topological polar surface area (TPSA) is 213 Å². The summed E-state index contributed by atoms with van der Waals surface area (Å²) in [4.78, 5) is 37.3. The molecule has 13 nitrogen and oxygen atoms in total. The van der Waals surface area contributed by atoms with Gasteiger partial charge in [0.15, 0.2) is 5.71 Å². The predicted octanol–water partition coefficient (Wildman–Crippen LogP) is 5.53. The van der Waals surface area contributed by atoms with Gasteiger partial charge in [-0.2, -0.15) is 23.7 Å². The molecule has 0 unspecified atom stereocenters. The lowest BCUT2D eigenvalue weighted by molar-refractivity contribution is 0.0697. The number of carboxylic acids is 1. The molecule has 14 heteroatoms. The van der Waals surface area contributed by atoms with Gasteiger partial charge in [-0.1, -0.05) is 30.3 Å². The fraction of sp³-hybridized carbons (Fsp3) is 0. The molecule has 0 spiro atoms. The smallest absolute Gasteiger partial charge is 0.337 e. The van der Waals surface area contributed by atoms with Crippen LogP contribution >= 0.6 is 0 Å². The molecule has 220 valence electrons. The van der Waals surface area contributed by atoms with Crippen molar-refractivity contribution in [2.75, 3.05) is 16.5 Å². The zero-order valence-corrected chi connectivity index (χ0v) is 23.3. The molecule has 0 radical (unpaired) electrons. The number of Topliss-reactive ketones (excluding diaryl/α,β-unsaturated/α-hetero) is 1. The summed E-state index contributed by atoms with van der Waals surface area (Å²) in [5.74, 6) is -2.78. The third-order valence-electron chi connectivity index (χ3n) is 6.28. The summed E-state index contributed by atoms with van der Waals surface area (Å²) in [7, 11) is -4.95. The molecule has 0 bridgehead atoms. The van der Waals surface area contributed by atoms with E-state index in [9.17, 15) is 32.5 Å². The third kappa shape index (κ3) is 6.56. The summed E-state index contributed by atoms with van der Waals surface area (Å²) < 4.78 is 34.3. The number of hydrogen-bond donors (Lipinski definition) is 5. The third-order valence-corrected chi connectivity index (χ3v) is 7.14. The normalized spacial score (nSPS) is 13.8. The lowest BCUT2D eigenvalue weighted by Gasteiger charge is -2.17. The number of carbonyl (C=O) groups excluding carboxylic acids is 2. The zero-order valence-electron chi connectivity index (χ0n) is 22.5. The van der Waals surface area contributed by atoms with E-state index in [0.717, 1.165) is 6.08 Å². The number of carboxylic acid groups (broad SMARTS) is 1. The van der Waals surface area contributed by atoms with Gasteiger partial charge in [-0.15, -0.1) is 0 Å². The monoisotopic (exact) mass is 610 g/mol. The van der Waals surface area contributed by atoms with Crippen LogP contribution in [0.2, 0.25) is 0 Å². The van der Waals surface area contributed by atoms with Crippen LogP contribution in [-0.4, -0.2) is 41.4 Å². The van der Waals surface area contributed by atoms with E-state index in [4.69, 9.17) is 5.73 Å². The van der Waals surface area contributed by atoms with Crippen LogP contribution in [0.3, 0.4) is 0 Å². The minimum atomic E-state index is -4.95. The van der Waals surface area contributed by atoms with Crippen molar-refractivity contribution in [1.29, 1.82) is 0 Å². The Bertz CT molecular complexity index is 2020. The van der Waals surface area contributed by atoms with E-state index in [2.05, 4.69) is 26.1 Å². The number of nitrogen functional groups attached to an aromatic ring is 1. The highest BCUT2D eigenvalue weighted by Crippen LogP contribution is 2.29. The minimum Gasteiger partial charge on any atom is -0.478 e. The number of nitrogens with one attached hydrogen (secondary N) is 2. The number of nitrogens with zero attached hydrogens (tertiary/aromatic N) is 3. The van der Waals surface area contributed by atoms with Crippen molar-refractivity contribution in [2.45, 2.75) is 0 Å². The highest BCUT2D eigenvalue weighted by Gasteiger charge is 2.33. The molecular formula is C30H22N6O7S. The number of hydrazone groups is 1. The number of carbonyl (C=O) groups is 3. The molecule has 1 aliphatic carbocycles. The van der Waals surface area contributed by atoms with Gasteiger partial charge in [0.25, 0.3) is 16.0 Å². The number of aromatic carboxylic acids is 1. The summed E-state index contributed by atoms with van der Waals surface area (Å²) in [6.07, 6.45) is 1.04. The fourth-order valence-electron chi connectivity index (χ4n) is 4.19. The highest BCUT2D eigenvalue weighted by molar-refractivity contribution is 7.91. The molecule has 6 N–H and O–H groups in total. The molecule has 4 aromatic carbocycles. The first-order valence-corrected chi connectivity index (χ1v) is 14.2. The number of anilines is 3. The summed E-state index contributed by atoms with van der Waals surface area (Å²) in [6.45, 7) is 0. The van der Waals surface area contributed by atoms with Crippen molar-refractivity contribution >= 4 is 68.0 Å². The van der Waals surface area contributed by atoms with E-state index >= 15 is 0 Å². The van der Waals surface area contributed by atoms with Gasteiger partial charge in [-0.05, 0) is 72.3 Å². The predicted molar refractivity (Wildman–Crippen MR) is 164 cm³/mol. The maximum atomic E-state index is 13.5. The molecule has 1 aliphatic rings. The molecule has 0 heterocycles. The maximum absolute atomic E-state index is 13.5. The molecule has 0 saturated carbocycles. The largest absolute Gasteiger partial charge is 0.478 e. The van der Waals surface area contributed by atoms with Gasteiger partial charge in [0.05, 0.1) is 22.6 Å². The average molecular weight is 611 g/mol. The van der Waals surface area contributed by atoms with Gasteiger partial charge >= 0.3 is 5.97 Å². The van der Waals surface area contributed by atoms with Crippen molar-refractivity contribution in [2.24, 2.45) is 15.3 Å². The Kier molecular flexibility index (Phi) is 8.10. The molecule has 0 saturated heterocycles. The Morgan fingerprint density at radius 2 is 1.59 bits per heavy atom. The average Bonchev–Trinajstić information content (AvgIpc) is 3.00. The van der Waals surface area contributed by atoms with E-state index in [-0.39, 0.29) is 39.3 Å². The number of allylic oxidation sites excluding steroid dienone is 1. The van der Waals surface area contributed by atoms with Gasteiger partial charge in [0.1, 0.15) is 4.91 Å². The van der Waals surface area contributed by atoms with Crippen molar-refractivity contribution in [3.8, 4) is 0 Å². The minimum absolute atomic E-state index is 0.0292. The first-order valence-electron chi connectivity index (χ1n) is 12.7. The number of ketones is 1. The van der Waals surface area contributed by atoms with Crippen LogP contribution in [0, 0.1) is 0 Å². The van der Waals surface area contributed by atoms with E-state index in [1.54, 1.807) is 42.5 Å². The van der Waals surface area contributed by atoms with Gasteiger partial charge in [-0.25, -0.2) is 4.79 Å². The number of amides is 1. The van der Waals surface area contributed by atoms with Gasteiger partial charge in [0.2, 0.25) is 5.78 Å². The highest BCUT2D eigenvalue weighted by atomic mass is 32.2.